The third-order valence-corrected chi connectivity index (χ3v) is 2.84. The first kappa shape index (κ1) is 18.0. The summed E-state index contributed by atoms with van der Waals surface area (Å²) in [5.41, 5.74) is 0. The van der Waals surface area contributed by atoms with Gasteiger partial charge in [-0.05, 0) is 25.1 Å². The van der Waals surface area contributed by atoms with E-state index in [1.54, 1.807) is 12.1 Å². The van der Waals surface area contributed by atoms with Crippen LogP contribution in [0.15, 0.2) is 18.2 Å². The van der Waals surface area contributed by atoms with Crippen molar-refractivity contribution in [3.05, 3.63) is 28.2 Å². The number of ether oxygens (including phenoxy) is 4. The molecule has 0 amide bonds. The predicted octanol–water partition coefficient (Wildman–Crippen LogP) is 2.97. The van der Waals surface area contributed by atoms with Crippen LogP contribution in [-0.4, -0.2) is 45.6 Å². The van der Waals surface area contributed by atoms with Crippen molar-refractivity contribution in [3.63, 3.8) is 0 Å². The Morgan fingerprint density at radius 1 is 1.10 bits per heavy atom. The fourth-order valence-corrected chi connectivity index (χ4v) is 1.81. The molecule has 0 fully saturated rings. The Bertz CT molecular complexity index is 439. The molecular formula is C14H18Cl2O5. The summed E-state index contributed by atoms with van der Waals surface area (Å²) in [5.74, 6) is -0.111. The van der Waals surface area contributed by atoms with Gasteiger partial charge < -0.3 is 18.9 Å². The Balaban J connectivity index is 2.11. The Kier molecular flexibility index (Phi) is 9.17. The lowest BCUT2D eigenvalue weighted by molar-refractivity contribution is -0.147. The molecule has 0 radical (unpaired) electrons. The van der Waals surface area contributed by atoms with Gasteiger partial charge in [0.1, 0.15) is 12.4 Å². The van der Waals surface area contributed by atoms with Crippen LogP contribution in [0.1, 0.15) is 6.92 Å². The van der Waals surface area contributed by atoms with Crippen LogP contribution < -0.4 is 4.74 Å². The number of hydrogen-bond donors (Lipinski definition) is 0. The van der Waals surface area contributed by atoms with E-state index in [0.29, 0.717) is 42.2 Å². The minimum atomic E-state index is -0.491. The molecule has 0 spiro atoms. The van der Waals surface area contributed by atoms with Gasteiger partial charge in [-0.25, -0.2) is 4.79 Å². The number of hydrogen-bond acceptors (Lipinski definition) is 5. The first-order valence-corrected chi connectivity index (χ1v) is 7.28. The number of carbonyl (C=O) groups excluding carboxylic acids is 1. The molecule has 0 aliphatic heterocycles. The van der Waals surface area contributed by atoms with E-state index in [1.807, 2.05) is 6.92 Å². The minimum Gasteiger partial charge on any atom is -0.480 e. The molecule has 1 aromatic carbocycles. The standard InChI is InChI=1S/C14H18Cl2O5/c1-2-18-5-6-19-7-8-20-14(17)10-21-13-4-3-11(15)9-12(13)16/h3-4,9H,2,5-8,10H2,1H3. The third kappa shape index (κ3) is 8.12. The highest BCUT2D eigenvalue weighted by atomic mass is 35.5. The topological polar surface area (TPSA) is 54.0 Å². The summed E-state index contributed by atoms with van der Waals surface area (Å²) < 4.78 is 20.5. The van der Waals surface area contributed by atoms with Crippen LogP contribution in [0, 0.1) is 0 Å². The molecule has 7 heteroatoms. The minimum absolute atomic E-state index is 0.169. The van der Waals surface area contributed by atoms with Crippen molar-refractivity contribution < 1.29 is 23.7 Å². The highest BCUT2D eigenvalue weighted by Gasteiger charge is 2.07. The predicted molar refractivity (Wildman–Crippen MR) is 80.2 cm³/mol. The van der Waals surface area contributed by atoms with Crippen molar-refractivity contribution in [3.8, 4) is 5.75 Å². The molecule has 118 valence electrons. The van der Waals surface area contributed by atoms with E-state index in [9.17, 15) is 4.79 Å². The van der Waals surface area contributed by atoms with Gasteiger partial charge in [0.25, 0.3) is 0 Å². The largest absolute Gasteiger partial charge is 0.480 e. The summed E-state index contributed by atoms with van der Waals surface area (Å²) in [5, 5.41) is 0.841. The molecule has 0 N–H and O–H groups in total. The Labute approximate surface area is 134 Å². The molecule has 1 rings (SSSR count). The van der Waals surface area contributed by atoms with Crippen LogP contribution in [0.5, 0.6) is 5.75 Å². The quantitative estimate of drug-likeness (QED) is 0.485. The normalized spacial score (nSPS) is 10.4. The molecule has 21 heavy (non-hydrogen) atoms. The molecule has 0 aliphatic carbocycles. The van der Waals surface area contributed by atoms with Crippen molar-refractivity contribution in [1.29, 1.82) is 0 Å². The molecular weight excluding hydrogens is 319 g/mol. The molecule has 0 unspecified atom stereocenters. The SMILES string of the molecule is CCOCCOCCOC(=O)COc1ccc(Cl)cc1Cl. The van der Waals surface area contributed by atoms with Gasteiger partial charge in [0.15, 0.2) is 6.61 Å². The molecule has 0 heterocycles. The first-order chi connectivity index (χ1) is 10.1. The molecule has 0 aliphatic rings. The van der Waals surface area contributed by atoms with Crippen LogP contribution in [0.25, 0.3) is 0 Å². The van der Waals surface area contributed by atoms with Gasteiger partial charge in [0.2, 0.25) is 0 Å². The fraction of sp³-hybridized carbons (Fsp3) is 0.500. The fourth-order valence-electron chi connectivity index (χ4n) is 1.35. The maximum atomic E-state index is 11.4. The van der Waals surface area contributed by atoms with Gasteiger partial charge in [-0.15, -0.1) is 0 Å². The zero-order chi connectivity index (χ0) is 15.5. The molecule has 0 atom stereocenters. The maximum absolute atomic E-state index is 11.4. The van der Waals surface area contributed by atoms with Crippen LogP contribution >= 0.6 is 23.2 Å². The molecule has 0 saturated heterocycles. The van der Waals surface area contributed by atoms with Crippen molar-refractivity contribution in [2.45, 2.75) is 6.92 Å². The van der Waals surface area contributed by atoms with Gasteiger partial charge in [-0.1, -0.05) is 23.2 Å². The summed E-state index contributed by atoms with van der Waals surface area (Å²) in [4.78, 5) is 11.4. The summed E-state index contributed by atoms with van der Waals surface area (Å²) >= 11 is 11.7. The summed E-state index contributed by atoms with van der Waals surface area (Å²) in [6, 6.07) is 4.76. The smallest absolute Gasteiger partial charge is 0.344 e. The van der Waals surface area contributed by atoms with E-state index in [0.717, 1.165) is 0 Å². The third-order valence-electron chi connectivity index (χ3n) is 2.31. The van der Waals surface area contributed by atoms with E-state index >= 15 is 0 Å². The highest BCUT2D eigenvalue weighted by molar-refractivity contribution is 6.35. The first-order valence-electron chi connectivity index (χ1n) is 6.52. The molecule has 0 bridgehead atoms. The van der Waals surface area contributed by atoms with E-state index in [2.05, 4.69) is 0 Å². The Morgan fingerprint density at radius 2 is 1.81 bits per heavy atom. The molecule has 1 aromatic rings. The summed E-state index contributed by atoms with van der Waals surface area (Å²) in [6.07, 6.45) is 0. The van der Waals surface area contributed by atoms with E-state index in [-0.39, 0.29) is 13.2 Å². The summed E-state index contributed by atoms with van der Waals surface area (Å²) in [6.45, 7) is 3.84. The van der Waals surface area contributed by atoms with Gasteiger partial charge >= 0.3 is 5.97 Å². The second kappa shape index (κ2) is 10.7. The highest BCUT2D eigenvalue weighted by Crippen LogP contribution is 2.27. The maximum Gasteiger partial charge on any atom is 0.344 e. The van der Waals surface area contributed by atoms with Crippen LogP contribution in [0.3, 0.4) is 0 Å². The number of rotatable bonds is 10. The van der Waals surface area contributed by atoms with Crippen molar-refractivity contribution >= 4 is 29.2 Å². The zero-order valence-electron chi connectivity index (χ0n) is 11.8. The Hall–Kier alpha value is -1.01. The van der Waals surface area contributed by atoms with E-state index in [4.69, 9.17) is 42.1 Å². The monoisotopic (exact) mass is 336 g/mol. The lowest BCUT2D eigenvalue weighted by Gasteiger charge is -2.09. The van der Waals surface area contributed by atoms with Crippen molar-refractivity contribution in [2.24, 2.45) is 0 Å². The molecule has 5 nitrogen and oxygen atoms in total. The van der Waals surface area contributed by atoms with E-state index < -0.39 is 5.97 Å². The van der Waals surface area contributed by atoms with Crippen LogP contribution in [0.2, 0.25) is 10.0 Å². The van der Waals surface area contributed by atoms with Crippen LogP contribution in [0.4, 0.5) is 0 Å². The average molecular weight is 337 g/mol. The van der Waals surface area contributed by atoms with Gasteiger partial charge in [0, 0.05) is 11.6 Å². The number of halogens is 2. The van der Waals surface area contributed by atoms with Crippen molar-refractivity contribution in [1.82, 2.24) is 0 Å². The van der Waals surface area contributed by atoms with Gasteiger partial charge in [-0.3, -0.25) is 0 Å². The lowest BCUT2D eigenvalue weighted by Crippen LogP contribution is -2.18. The number of carbonyl (C=O) groups is 1. The second-order valence-corrected chi connectivity index (χ2v) is 4.74. The van der Waals surface area contributed by atoms with Gasteiger partial charge in [0.05, 0.1) is 24.8 Å². The molecule has 0 saturated carbocycles. The number of esters is 1. The van der Waals surface area contributed by atoms with E-state index in [1.165, 1.54) is 6.07 Å². The van der Waals surface area contributed by atoms with Gasteiger partial charge in [-0.2, -0.15) is 0 Å². The Morgan fingerprint density at radius 3 is 2.52 bits per heavy atom. The second-order valence-electron chi connectivity index (χ2n) is 3.89. The zero-order valence-corrected chi connectivity index (χ0v) is 13.3. The number of benzene rings is 1. The lowest BCUT2D eigenvalue weighted by atomic mass is 10.3. The average Bonchev–Trinajstić information content (AvgIpc) is 2.45. The van der Waals surface area contributed by atoms with Crippen molar-refractivity contribution in [2.75, 3.05) is 39.6 Å². The van der Waals surface area contributed by atoms with Crippen LogP contribution in [-0.2, 0) is 19.0 Å². The molecule has 0 aromatic heterocycles. The summed E-state index contributed by atoms with van der Waals surface area (Å²) in [7, 11) is 0.